The van der Waals surface area contributed by atoms with E-state index in [2.05, 4.69) is 101 Å². The van der Waals surface area contributed by atoms with E-state index in [1.807, 2.05) is 48.7 Å². The number of fused-ring (bicyclic) bond motifs is 6. The number of carboxylic acid groups (broad SMARTS) is 1. The number of benzene rings is 3. The summed E-state index contributed by atoms with van der Waals surface area (Å²) < 4.78 is 22.4. The molecule has 0 unspecified atom stereocenters. The van der Waals surface area contributed by atoms with Gasteiger partial charge in [0.2, 0.25) is 11.9 Å². The van der Waals surface area contributed by atoms with Gasteiger partial charge in [0.25, 0.3) is 5.91 Å². The number of carbonyl (C=O) groups is 2. The molecule has 2 saturated heterocycles. The quantitative estimate of drug-likeness (QED) is 0.0875. The first kappa shape index (κ1) is 49.5. The predicted molar refractivity (Wildman–Crippen MR) is 282 cm³/mol. The summed E-state index contributed by atoms with van der Waals surface area (Å²) in [6, 6.07) is 18.3. The van der Waals surface area contributed by atoms with Crippen molar-refractivity contribution >= 4 is 52.2 Å². The maximum atomic E-state index is 13.4. The zero-order valence-corrected chi connectivity index (χ0v) is 42.6. The minimum absolute atomic E-state index is 0.0556. The third-order valence-corrected chi connectivity index (χ3v) is 14.3. The van der Waals surface area contributed by atoms with Crippen molar-refractivity contribution in [2.45, 2.75) is 52.4 Å². The Bertz CT molecular complexity index is 3170. The van der Waals surface area contributed by atoms with Gasteiger partial charge in [-0.15, -0.1) is 0 Å². The number of methoxy groups -OCH3 is 2. The molecule has 74 heavy (non-hydrogen) atoms. The van der Waals surface area contributed by atoms with E-state index >= 15 is 0 Å². The van der Waals surface area contributed by atoms with Gasteiger partial charge in [-0.25, -0.2) is 24.7 Å². The summed E-state index contributed by atoms with van der Waals surface area (Å²) in [5.74, 6) is 1.74. The molecule has 2 fully saturated rings. The van der Waals surface area contributed by atoms with Crippen LogP contribution >= 0.6 is 0 Å². The zero-order valence-electron chi connectivity index (χ0n) is 42.6. The summed E-state index contributed by atoms with van der Waals surface area (Å²) in [5, 5.41) is 26.9. The highest BCUT2D eigenvalue weighted by atomic mass is 16.5. The maximum Gasteiger partial charge on any atom is 0.358 e. The summed E-state index contributed by atoms with van der Waals surface area (Å²) >= 11 is 0. The Morgan fingerprint density at radius 1 is 0.635 bits per heavy atom. The highest BCUT2D eigenvalue weighted by molar-refractivity contribution is 6.05. The van der Waals surface area contributed by atoms with Gasteiger partial charge in [-0.1, -0.05) is 42.4 Å². The minimum Gasteiger partial charge on any atom is -0.494 e. The Morgan fingerprint density at radius 3 is 1.54 bits per heavy atom. The van der Waals surface area contributed by atoms with Crippen LogP contribution in [0.5, 0.6) is 11.5 Å². The molecule has 20 heteroatoms. The molecule has 11 rings (SSSR count). The van der Waals surface area contributed by atoms with Gasteiger partial charge in [-0.2, -0.15) is 0 Å². The number of ether oxygens (including phenoxy) is 2. The molecule has 6 heterocycles. The Hall–Kier alpha value is -8.10. The molecule has 20 nitrogen and oxygen atoms in total. The summed E-state index contributed by atoms with van der Waals surface area (Å²) in [5.41, 5.74) is 11.5. The van der Waals surface area contributed by atoms with E-state index in [0.717, 1.165) is 121 Å². The Kier molecular flexibility index (Phi) is 14.4. The lowest BCUT2D eigenvalue weighted by molar-refractivity contribution is 0.0684. The summed E-state index contributed by atoms with van der Waals surface area (Å²) in [6.45, 7) is 12.2. The van der Waals surface area contributed by atoms with Crippen molar-refractivity contribution in [2.75, 3.05) is 106 Å². The fourth-order valence-electron chi connectivity index (χ4n) is 9.92. The number of rotatable bonds is 13. The molecule has 3 aromatic carbocycles. The number of nitrogens with one attached hydrogen (secondary N) is 3. The van der Waals surface area contributed by atoms with Crippen LogP contribution in [0.2, 0.25) is 0 Å². The Labute approximate surface area is 429 Å². The molecule has 0 spiro atoms. The fraction of sp³-hybridized carbons (Fsp3) is 0.370. The van der Waals surface area contributed by atoms with Gasteiger partial charge in [-0.3, -0.25) is 4.79 Å². The lowest BCUT2D eigenvalue weighted by Gasteiger charge is -2.34. The van der Waals surface area contributed by atoms with Crippen LogP contribution in [0.15, 0.2) is 76.0 Å². The molecule has 0 radical (unpaired) electrons. The normalized spacial score (nSPS) is 15.2. The molecule has 0 bridgehead atoms. The topological polar surface area (TPSA) is 225 Å². The Morgan fingerprint density at radius 2 is 1.09 bits per heavy atom. The average Bonchev–Trinajstić information content (AvgIpc) is 4.08. The van der Waals surface area contributed by atoms with E-state index in [1.165, 1.54) is 0 Å². The number of para-hydroxylation sites is 1. The summed E-state index contributed by atoms with van der Waals surface area (Å²) in [6.07, 6.45) is 7.68. The molecular formula is C54H61N13O7. The molecule has 2 aliphatic carbocycles. The van der Waals surface area contributed by atoms with Gasteiger partial charge < -0.3 is 59.2 Å². The van der Waals surface area contributed by atoms with Crippen LogP contribution in [0.4, 0.5) is 40.3 Å². The molecule has 1 amide bonds. The minimum atomic E-state index is -1.10. The van der Waals surface area contributed by atoms with Crippen LogP contribution < -0.4 is 35.2 Å². The van der Waals surface area contributed by atoms with Crippen LogP contribution in [0.1, 0.15) is 68.2 Å². The zero-order chi connectivity index (χ0) is 51.5. The van der Waals surface area contributed by atoms with Crippen LogP contribution in [0, 0.1) is 0 Å². The lowest BCUT2D eigenvalue weighted by atomic mass is 9.93. The second-order valence-electron chi connectivity index (χ2n) is 18.8. The first-order chi connectivity index (χ1) is 36.0. The largest absolute Gasteiger partial charge is 0.494 e. The molecule has 2 aliphatic heterocycles. The average molecular weight is 1000 g/mol. The van der Waals surface area contributed by atoms with Crippen molar-refractivity contribution in [3.8, 4) is 34.4 Å². The van der Waals surface area contributed by atoms with Gasteiger partial charge in [-0.05, 0) is 88.0 Å². The van der Waals surface area contributed by atoms with E-state index in [4.69, 9.17) is 23.5 Å². The molecular weight excluding hydrogens is 943 g/mol. The number of hydrogen-bond acceptors (Lipinski definition) is 18. The number of aromatic carboxylic acids is 1. The van der Waals surface area contributed by atoms with E-state index in [0.29, 0.717) is 83.2 Å². The number of carboxylic acids is 1. The van der Waals surface area contributed by atoms with Crippen molar-refractivity contribution in [2.24, 2.45) is 0 Å². The molecule has 0 atom stereocenters. The van der Waals surface area contributed by atoms with Gasteiger partial charge in [0.05, 0.1) is 25.6 Å². The highest BCUT2D eigenvalue weighted by Gasteiger charge is 2.32. The number of anilines is 7. The monoisotopic (exact) mass is 1000 g/mol. The van der Waals surface area contributed by atoms with Gasteiger partial charge in [0.1, 0.15) is 22.9 Å². The van der Waals surface area contributed by atoms with E-state index in [-0.39, 0.29) is 11.6 Å². The van der Waals surface area contributed by atoms with E-state index < -0.39 is 5.97 Å². The molecule has 4 N–H and O–H groups in total. The maximum absolute atomic E-state index is 13.4. The molecule has 7 aromatic rings. The third-order valence-electron chi connectivity index (χ3n) is 14.3. The van der Waals surface area contributed by atoms with Crippen molar-refractivity contribution in [3.05, 3.63) is 112 Å². The number of amides is 1. The van der Waals surface area contributed by atoms with E-state index in [1.54, 1.807) is 20.4 Å². The number of aryl methyl sites for hydroxylation is 4. The first-order valence-electron chi connectivity index (χ1n) is 25.1. The SMILES string of the molecule is CCc1cccc(CC)c1NC(=O)c1noc2c1CCc1cnc(Nc3ccc(N4CCN(C)CC4)cc3OC)nc1-2.COc1cc(N2CCN(C)CC2)ccc1Nc1ncc2c(n1)-c1onc(C(=O)O)c1CC2. The van der Waals surface area contributed by atoms with Crippen molar-refractivity contribution in [1.82, 2.24) is 40.0 Å². The first-order valence-corrected chi connectivity index (χ1v) is 25.1. The lowest BCUT2D eigenvalue weighted by Crippen LogP contribution is -2.44. The molecule has 384 valence electrons. The van der Waals surface area contributed by atoms with Crippen LogP contribution in [-0.2, 0) is 38.5 Å². The Balaban J connectivity index is 0.000000175. The van der Waals surface area contributed by atoms with Crippen LogP contribution in [0.3, 0.4) is 0 Å². The second-order valence-corrected chi connectivity index (χ2v) is 18.8. The van der Waals surface area contributed by atoms with Crippen molar-refractivity contribution in [3.63, 3.8) is 0 Å². The smallest absolute Gasteiger partial charge is 0.358 e. The number of likely N-dealkylation sites (N-methyl/N-ethyl adjacent to an activating group) is 2. The van der Waals surface area contributed by atoms with Gasteiger partial charge >= 0.3 is 5.97 Å². The van der Waals surface area contributed by atoms with Crippen LogP contribution in [0.25, 0.3) is 22.9 Å². The molecule has 0 saturated carbocycles. The standard InChI is InChI=1S/C32H37N7O3.C22H24N6O4/c1-5-20-8-7-9-21(6-2)27(20)35-31(40)29-24-12-10-22-19-33-32(36-28(22)30(24)42-37-29)34-25-13-11-23(18-26(25)41-4)39-16-14-38(3)15-17-39;1-27-7-9-28(10-8-27)14-4-6-16(17(11-14)31-2)24-22-23-12-13-3-5-15-19(21(29)30)26-32-20(15)18(13)25-22/h7-9,11,13,18-19H,5-6,10,12,14-17H2,1-4H3,(H,35,40)(H,33,34,36);4,6,11-12H,3,5,7-10H2,1-2H3,(H,29,30)(H,23,24,25). The number of hydrogen-bond donors (Lipinski definition) is 4. The summed E-state index contributed by atoms with van der Waals surface area (Å²) in [4.78, 5) is 52.6. The van der Waals surface area contributed by atoms with Gasteiger partial charge in [0, 0.05) is 116 Å². The highest BCUT2D eigenvalue weighted by Crippen LogP contribution is 2.39. The number of nitrogens with zero attached hydrogens (tertiary/aromatic N) is 10. The number of carbonyl (C=O) groups excluding carboxylic acids is 1. The second kappa shape index (κ2) is 21.5. The molecule has 4 aromatic heterocycles. The predicted octanol–water partition coefficient (Wildman–Crippen LogP) is 7.54. The van der Waals surface area contributed by atoms with Gasteiger partial charge in [0.15, 0.2) is 22.9 Å². The molecule has 4 aliphatic rings. The van der Waals surface area contributed by atoms with Crippen molar-refractivity contribution in [1.29, 1.82) is 0 Å². The van der Waals surface area contributed by atoms with Crippen molar-refractivity contribution < 1.29 is 33.2 Å². The number of aromatic nitrogens is 6. The third kappa shape index (κ3) is 10.1. The number of piperazine rings is 2. The van der Waals surface area contributed by atoms with E-state index in [9.17, 15) is 14.7 Å². The fourth-order valence-corrected chi connectivity index (χ4v) is 9.92. The van der Waals surface area contributed by atoms with Crippen LogP contribution in [-0.4, -0.2) is 138 Å². The summed E-state index contributed by atoms with van der Waals surface area (Å²) in [7, 11) is 7.58.